The fourth-order valence-electron chi connectivity index (χ4n) is 0.970. The quantitative estimate of drug-likeness (QED) is 0.730. The Kier molecular flexibility index (Phi) is 1.85. The third-order valence-corrected chi connectivity index (χ3v) is 1.75. The van der Waals surface area contributed by atoms with Gasteiger partial charge in [0.2, 0.25) is 0 Å². The van der Waals surface area contributed by atoms with E-state index in [4.69, 9.17) is 10.3 Å². The summed E-state index contributed by atoms with van der Waals surface area (Å²) in [5, 5.41) is 10.2. The highest BCUT2D eigenvalue weighted by molar-refractivity contribution is 5.49. The third kappa shape index (κ3) is 1.51. The topological polar surface area (TPSA) is 93.6 Å². The number of nitrogens with one attached hydrogen (secondary N) is 1. The van der Waals surface area contributed by atoms with Gasteiger partial charge >= 0.3 is 0 Å². The van der Waals surface area contributed by atoms with E-state index in [1.165, 1.54) is 0 Å². The zero-order valence-corrected chi connectivity index (χ0v) is 7.98. The first-order chi connectivity index (χ1) is 6.57. The first kappa shape index (κ1) is 8.89. The van der Waals surface area contributed by atoms with Crippen molar-refractivity contribution in [2.24, 2.45) is 5.73 Å². The zero-order chi connectivity index (χ0) is 10.2. The van der Waals surface area contributed by atoms with Gasteiger partial charge in [-0.05, 0) is 13.8 Å². The molecule has 0 fully saturated rings. The maximum Gasteiger partial charge on any atom is 0.261 e. The lowest BCUT2D eigenvalue weighted by Crippen LogP contribution is -2.30. The molecule has 0 saturated carbocycles. The summed E-state index contributed by atoms with van der Waals surface area (Å²) >= 11 is 0. The van der Waals surface area contributed by atoms with Crippen molar-refractivity contribution < 1.29 is 4.52 Å². The van der Waals surface area contributed by atoms with Crippen molar-refractivity contribution in [3.8, 4) is 11.5 Å². The predicted octanol–water partition coefficient (Wildman–Crippen LogP) is 0.654. The zero-order valence-electron chi connectivity index (χ0n) is 7.98. The van der Waals surface area contributed by atoms with E-state index in [1.54, 1.807) is 12.4 Å². The average Bonchev–Trinajstić information content (AvgIpc) is 2.73. The number of nitrogens with two attached hydrogens (primary N) is 1. The van der Waals surface area contributed by atoms with Crippen LogP contribution in [0.4, 0.5) is 0 Å². The molecule has 6 nitrogen and oxygen atoms in total. The van der Waals surface area contributed by atoms with E-state index in [1.807, 2.05) is 13.8 Å². The van der Waals surface area contributed by atoms with Crippen LogP contribution in [-0.4, -0.2) is 20.3 Å². The van der Waals surface area contributed by atoms with Crippen LogP contribution >= 0.6 is 0 Å². The Balaban J connectivity index is 2.36. The lowest BCUT2D eigenvalue weighted by Gasteiger charge is -2.11. The molecule has 6 heteroatoms. The highest BCUT2D eigenvalue weighted by Crippen LogP contribution is 2.19. The van der Waals surface area contributed by atoms with Gasteiger partial charge in [-0.25, -0.2) is 0 Å². The molecule has 0 aromatic carbocycles. The van der Waals surface area contributed by atoms with Crippen LogP contribution in [0.3, 0.4) is 0 Å². The molecule has 0 aliphatic carbocycles. The van der Waals surface area contributed by atoms with E-state index in [-0.39, 0.29) is 0 Å². The van der Waals surface area contributed by atoms with Crippen molar-refractivity contribution in [2.45, 2.75) is 19.4 Å². The number of H-pyrrole nitrogens is 1. The molecule has 14 heavy (non-hydrogen) atoms. The van der Waals surface area contributed by atoms with Crippen LogP contribution < -0.4 is 5.73 Å². The predicted molar refractivity (Wildman–Crippen MR) is 49.1 cm³/mol. The van der Waals surface area contributed by atoms with Crippen molar-refractivity contribution in [3.63, 3.8) is 0 Å². The summed E-state index contributed by atoms with van der Waals surface area (Å²) in [6, 6.07) is 0. The van der Waals surface area contributed by atoms with Crippen LogP contribution in [0.5, 0.6) is 0 Å². The number of hydrogen-bond acceptors (Lipinski definition) is 5. The maximum absolute atomic E-state index is 5.82. The van der Waals surface area contributed by atoms with Gasteiger partial charge in [-0.3, -0.25) is 5.10 Å². The Labute approximate surface area is 80.5 Å². The van der Waals surface area contributed by atoms with E-state index in [0.717, 1.165) is 5.56 Å². The SMILES string of the molecule is CC(C)(N)c1noc(-c2cn[nH]c2)n1. The van der Waals surface area contributed by atoms with Gasteiger partial charge in [0.05, 0.1) is 17.3 Å². The molecule has 0 atom stereocenters. The minimum atomic E-state index is -0.592. The summed E-state index contributed by atoms with van der Waals surface area (Å²) in [4.78, 5) is 4.16. The number of hydrogen-bond donors (Lipinski definition) is 2. The fraction of sp³-hybridized carbons (Fsp3) is 0.375. The average molecular weight is 193 g/mol. The second-order valence-corrected chi connectivity index (χ2v) is 3.63. The molecule has 0 amide bonds. The van der Waals surface area contributed by atoms with E-state index >= 15 is 0 Å². The van der Waals surface area contributed by atoms with E-state index in [0.29, 0.717) is 11.7 Å². The number of aromatic amines is 1. The van der Waals surface area contributed by atoms with Gasteiger partial charge in [-0.1, -0.05) is 5.16 Å². The summed E-state index contributed by atoms with van der Waals surface area (Å²) in [6.07, 6.45) is 3.29. The van der Waals surface area contributed by atoms with Crippen molar-refractivity contribution in [1.29, 1.82) is 0 Å². The van der Waals surface area contributed by atoms with Crippen LogP contribution in [-0.2, 0) is 5.54 Å². The second kappa shape index (κ2) is 2.91. The van der Waals surface area contributed by atoms with Crippen molar-refractivity contribution in [2.75, 3.05) is 0 Å². The van der Waals surface area contributed by atoms with Gasteiger partial charge in [-0.15, -0.1) is 0 Å². The number of nitrogens with zero attached hydrogens (tertiary/aromatic N) is 3. The molecule has 2 aromatic heterocycles. The molecule has 2 aromatic rings. The summed E-state index contributed by atoms with van der Waals surface area (Å²) in [7, 11) is 0. The first-order valence-electron chi connectivity index (χ1n) is 4.19. The molecular weight excluding hydrogens is 182 g/mol. The molecule has 0 saturated heterocycles. The molecule has 0 aliphatic heterocycles. The smallest absolute Gasteiger partial charge is 0.261 e. The van der Waals surface area contributed by atoms with Crippen LogP contribution in [0.15, 0.2) is 16.9 Å². The third-order valence-electron chi connectivity index (χ3n) is 1.75. The minimum Gasteiger partial charge on any atom is -0.334 e. The van der Waals surface area contributed by atoms with Gasteiger partial charge in [0.1, 0.15) is 0 Å². The summed E-state index contributed by atoms with van der Waals surface area (Å²) in [5.41, 5.74) is 5.98. The summed E-state index contributed by atoms with van der Waals surface area (Å²) in [6.45, 7) is 3.63. The van der Waals surface area contributed by atoms with Crippen molar-refractivity contribution in [3.05, 3.63) is 18.2 Å². The Bertz CT molecular complexity index is 411. The molecule has 0 bridgehead atoms. The standard InChI is InChI=1S/C8H11N5O/c1-8(2,9)7-12-6(14-13-7)5-3-10-11-4-5/h3-4H,9H2,1-2H3,(H,10,11). The summed E-state index contributed by atoms with van der Waals surface area (Å²) < 4.78 is 5.03. The lowest BCUT2D eigenvalue weighted by molar-refractivity contribution is 0.397. The van der Waals surface area contributed by atoms with E-state index in [2.05, 4.69) is 20.3 Å². The lowest BCUT2D eigenvalue weighted by atomic mass is 10.1. The molecule has 0 unspecified atom stereocenters. The fourth-order valence-corrected chi connectivity index (χ4v) is 0.970. The van der Waals surface area contributed by atoms with Gasteiger partial charge in [-0.2, -0.15) is 10.1 Å². The van der Waals surface area contributed by atoms with Crippen LogP contribution in [0, 0.1) is 0 Å². The number of rotatable bonds is 2. The van der Waals surface area contributed by atoms with Crippen molar-refractivity contribution >= 4 is 0 Å². The molecule has 3 N–H and O–H groups in total. The molecule has 0 aliphatic rings. The Hall–Kier alpha value is -1.69. The highest BCUT2D eigenvalue weighted by atomic mass is 16.5. The van der Waals surface area contributed by atoms with Gasteiger partial charge < -0.3 is 10.3 Å². The Morgan fingerprint density at radius 2 is 2.29 bits per heavy atom. The Morgan fingerprint density at radius 3 is 2.79 bits per heavy atom. The largest absolute Gasteiger partial charge is 0.334 e. The van der Waals surface area contributed by atoms with Gasteiger partial charge in [0.25, 0.3) is 5.89 Å². The van der Waals surface area contributed by atoms with Gasteiger partial charge in [0.15, 0.2) is 5.82 Å². The van der Waals surface area contributed by atoms with Gasteiger partial charge in [0, 0.05) is 6.20 Å². The molecule has 2 rings (SSSR count). The van der Waals surface area contributed by atoms with Crippen LogP contribution in [0.1, 0.15) is 19.7 Å². The molecule has 2 heterocycles. The molecule has 0 radical (unpaired) electrons. The van der Waals surface area contributed by atoms with Crippen LogP contribution in [0.25, 0.3) is 11.5 Å². The molecular formula is C8H11N5O. The monoisotopic (exact) mass is 193 g/mol. The molecule has 0 spiro atoms. The maximum atomic E-state index is 5.82. The Morgan fingerprint density at radius 1 is 1.50 bits per heavy atom. The number of aromatic nitrogens is 4. The van der Waals surface area contributed by atoms with E-state index in [9.17, 15) is 0 Å². The van der Waals surface area contributed by atoms with Crippen LogP contribution in [0.2, 0.25) is 0 Å². The first-order valence-corrected chi connectivity index (χ1v) is 4.19. The summed E-state index contributed by atoms with van der Waals surface area (Å²) in [5.74, 6) is 0.904. The highest BCUT2D eigenvalue weighted by Gasteiger charge is 2.22. The second-order valence-electron chi connectivity index (χ2n) is 3.63. The minimum absolute atomic E-state index is 0.423. The normalized spacial score (nSPS) is 11.9. The van der Waals surface area contributed by atoms with E-state index < -0.39 is 5.54 Å². The van der Waals surface area contributed by atoms with Crippen molar-refractivity contribution in [1.82, 2.24) is 20.3 Å². The molecule has 74 valence electrons.